The van der Waals surface area contributed by atoms with Gasteiger partial charge >= 0.3 is 0 Å². The van der Waals surface area contributed by atoms with E-state index in [1.54, 1.807) is 6.92 Å². The maximum absolute atomic E-state index is 11.5. The number of rotatable bonds is 3. The first kappa shape index (κ1) is 14.3. The zero-order chi connectivity index (χ0) is 13.6. The molecule has 0 saturated heterocycles. The summed E-state index contributed by atoms with van der Waals surface area (Å²) in [5.41, 5.74) is -0.118. The maximum atomic E-state index is 11.5. The Kier molecular flexibility index (Phi) is 4.94. The molecule has 0 radical (unpaired) electrons. The van der Waals surface area contributed by atoms with Crippen molar-refractivity contribution in [2.75, 3.05) is 6.54 Å². The summed E-state index contributed by atoms with van der Waals surface area (Å²) in [6, 6.07) is 9.30. The van der Waals surface area contributed by atoms with Gasteiger partial charge in [-0.05, 0) is 25.0 Å². The van der Waals surface area contributed by atoms with Crippen molar-refractivity contribution in [1.29, 1.82) is 0 Å². The van der Waals surface area contributed by atoms with Gasteiger partial charge in [-0.1, -0.05) is 38.0 Å². The van der Waals surface area contributed by atoms with E-state index >= 15 is 0 Å². The highest BCUT2D eigenvalue weighted by Gasteiger charge is 2.24. The second-order valence-corrected chi connectivity index (χ2v) is 4.81. The van der Waals surface area contributed by atoms with E-state index in [9.17, 15) is 9.90 Å². The van der Waals surface area contributed by atoms with Crippen LogP contribution in [-0.4, -0.2) is 23.2 Å². The lowest BCUT2D eigenvalue weighted by molar-refractivity contribution is -0.117. The monoisotopic (exact) mass is 245 g/mol. The summed E-state index contributed by atoms with van der Waals surface area (Å²) in [6.07, 6.45) is 0. The Bertz CT molecular complexity index is 452. The van der Waals surface area contributed by atoms with Crippen molar-refractivity contribution < 1.29 is 9.90 Å². The van der Waals surface area contributed by atoms with Gasteiger partial charge in [0.15, 0.2) is 0 Å². The Morgan fingerprint density at radius 1 is 1.39 bits per heavy atom. The molecule has 0 aliphatic rings. The fourth-order valence-corrected chi connectivity index (χ4v) is 1.16. The first-order valence-electron chi connectivity index (χ1n) is 5.99. The van der Waals surface area contributed by atoms with E-state index in [-0.39, 0.29) is 18.4 Å². The molecule has 0 aliphatic carbocycles. The van der Waals surface area contributed by atoms with E-state index in [2.05, 4.69) is 17.2 Å². The predicted molar refractivity (Wildman–Crippen MR) is 71.8 cm³/mol. The Morgan fingerprint density at radius 2 is 2.00 bits per heavy atom. The van der Waals surface area contributed by atoms with E-state index in [0.717, 1.165) is 5.56 Å². The number of aliphatic hydroxyl groups is 1. The standard InChI is InChI=1S/C15H19NO2/c1-12(2)15(3,18)11-16-14(17)10-9-13-7-5-4-6-8-13/h4-8,12,18H,11H2,1-3H3,(H,16,17). The van der Waals surface area contributed by atoms with Gasteiger partial charge in [0.05, 0.1) is 5.60 Å². The summed E-state index contributed by atoms with van der Waals surface area (Å²) < 4.78 is 0. The molecule has 0 aromatic heterocycles. The summed E-state index contributed by atoms with van der Waals surface area (Å²) in [4.78, 5) is 11.5. The fraction of sp³-hybridized carbons (Fsp3) is 0.400. The minimum Gasteiger partial charge on any atom is -0.388 e. The number of benzene rings is 1. The van der Waals surface area contributed by atoms with Crippen LogP contribution in [0, 0.1) is 17.8 Å². The molecule has 1 unspecified atom stereocenters. The summed E-state index contributed by atoms with van der Waals surface area (Å²) in [7, 11) is 0. The molecule has 1 atom stereocenters. The third-order valence-corrected chi connectivity index (χ3v) is 2.94. The average molecular weight is 245 g/mol. The van der Waals surface area contributed by atoms with Gasteiger partial charge in [0.2, 0.25) is 0 Å². The van der Waals surface area contributed by atoms with Crippen LogP contribution in [0.1, 0.15) is 26.3 Å². The van der Waals surface area contributed by atoms with Crippen molar-refractivity contribution in [3.05, 3.63) is 35.9 Å². The Hall–Kier alpha value is -1.79. The fourth-order valence-electron chi connectivity index (χ4n) is 1.16. The van der Waals surface area contributed by atoms with Crippen molar-refractivity contribution >= 4 is 5.91 Å². The molecule has 0 bridgehead atoms. The van der Waals surface area contributed by atoms with Crippen LogP contribution in [0.15, 0.2) is 30.3 Å². The summed E-state index contributed by atoms with van der Waals surface area (Å²) in [6.45, 7) is 5.71. The second-order valence-electron chi connectivity index (χ2n) is 4.81. The molecule has 3 nitrogen and oxygen atoms in total. The normalized spacial score (nSPS) is 13.4. The molecular formula is C15H19NO2. The number of nitrogens with one attached hydrogen (secondary N) is 1. The van der Waals surface area contributed by atoms with Crippen molar-refractivity contribution in [3.8, 4) is 11.8 Å². The van der Waals surface area contributed by atoms with E-state index < -0.39 is 5.60 Å². The van der Waals surface area contributed by atoms with Crippen LogP contribution in [0.3, 0.4) is 0 Å². The van der Waals surface area contributed by atoms with Crippen molar-refractivity contribution in [3.63, 3.8) is 0 Å². The lowest BCUT2D eigenvalue weighted by Crippen LogP contribution is -2.44. The minimum atomic E-state index is -0.913. The molecule has 0 aliphatic heterocycles. The number of amides is 1. The van der Waals surface area contributed by atoms with Gasteiger partial charge in [0, 0.05) is 18.0 Å². The summed E-state index contributed by atoms with van der Waals surface area (Å²) in [5.74, 6) is 4.96. The van der Waals surface area contributed by atoms with Gasteiger partial charge in [-0.2, -0.15) is 0 Å². The van der Waals surface area contributed by atoms with Gasteiger partial charge in [-0.3, -0.25) is 4.79 Å². The van der Waals surface area contributed by atoms with Crippen molar-refractivity contribution in [2.24, 2.45) is 5.92 Å². The van der Waals surface area contributed by atoms with Crippen LogP contribution in [0.4, 0.5) is 0 Å². The van der Waals surface area contributed by atoms with Gasteiger partial charge < -0.3 is 10.4 Å². The zero-order valence-corrected chi connectivity index (χ0v) is 11.0. The molecule has 0 saturated carbocycles. The van der Waals surface area contributed by atoms with Crippen molar-refractivity contribution in [2.45, 2.75) is 26.4 Å². The molecule has 2 N–H and O–H groups in total. The molecule has 96 valence electrons. The number of hydrogen-bond acceptors (Lipinski definition) is 2. The molecule has 0 fully saturated rings. The average Bonchev–Trinajstić information content (AvgIpc) is 2.35. The van der Waals surface area contributed by atoms with E-state index in [0.29, 0.717) is 0 Å². The first-order chi connectivity index (χ1) is 8.42. The third-order valence-electron chi connectivity index (χ3n) is 2.94. The molecular weight excluding hydrogens is 226 g/mol. The third kappa shape index (κ3) is 4.60. The van der Waals surface area contributed by atoms with E-state index in [4.69, 9.17) is 0 Å². The SMILES string of the molecule is CC(C)C(C)(O)CNC(=O)C#Cc1ccccc1. The number of hydrogen-bond donors (Lipinski definition) is 2. The smallest absolute Gasteiger partial charge is 0.296 e. The molecule has 0 heterocycles. The Balaban J connectivity index is 2.51. The zero-order valence-electron chi connectivity index (χ0n) is 11.0. The van der Waals surface area contributed by atoms with Crippen LogP contribution in [0.2, 0.25) is 0 Å². The number of carbonyl (C=O) groups excluding carboxylic acids is 1. The molecule has 1 aromatic rings. The Labute approximate surface area is 108 Å². The van der Waals surface area contributed by atoms with Crippen LogP contribution in [0.5, 0.6) is 0 Å². The largest absolute Gasteiger partial charge is 0.388 e. The number of carbonyl (C=O) groups is 1. The highest BCUT2D eigenvalue weighted by atomic mass is 16.3. The van der Waals surface area contributed by atoms with Gasteiger partial charge in [0.25, 0.3) is 5.91 Å². The van der Waals surface area contributed by atoms with Crippen LogP contribution >= 0.6 is 0 Å². The topological polar surface area (TPSA) is 49.3 Å². The Morgan fingerprint density at radius 3 is 2.56 bits per heavy atom. The van der Waals surface area contributed by atoms with E-state index in [1.807, 2.05) is 44.2 Å². The highest BCUT2D eigenvalue weighted by molar-refractivity contribution is 5.94. The van der Waals surface area contributed by atoms with Gasteiger partial charge in [-0.25, -0.2) is 0 Å². The summed E-state index contributed by atoms with van der Waals surface area (Å²) >= 11 is 0. The lowest BCUT2D eigenvalue weighted by atomic mass is 9.92. The quantitative estimate of drug-likeness (QED) is 0.794. The van der Waals surface area contributed by atoms with Crippen LogP contribution < -0.4 is 5.32 Å². The van der Waals surface area contributed by atoms with Crippen LogP contribution in [0.25, 0.3) is 0 Å². The minimum absolute atomic E-state index is 0.0693. The molecule has 1 amide bonds. The first-order valence-corrected chi connectivity index (χ1v) is 5.99. The molecule has 1 rings (SSSR count). The second kappa shape index (κ2) is 6.23. The maximum Gasteiger partial charge on any atom is 0.296 e. The molecule has 0 spiro atoms. The highest BCUT2D eigenvalue weighted by Crippen LogP contribution is 2.14. The summed E-state index contributed by atoms with van der Waals surface area (Å²) in [5, 5.41) is 12.6. The van der Waals surface area contributed by atoms with Crippen molar-refractivity contribution in [1.82, 2.24) is 5.32 Å². The molecule has 1 aromatic carbocycles. The molecule has 18 heavy (non-hydrogen) atoms. The van der Waals surface area contributed by atoms with E-state index in [1.165, 1.54) is 0 Å². The van der Waals surface area contributed by atoms with Crippen LogP contribution in [-0.2, 0) is 4.79 Å². The van der Waals surface area contributed by atoms with Gasteiger partial charge in [0.1, 0.15) is 0 Å². The predicted octanol–water partition coefficient (Wildman–Crippen LogP) is 1.56. The lowest BCUT2D eigenvalue weighted by Gasteiger charge is -2.27. The van der Waals surface area contributed by atoms with Gasteiger partial charge in [-0.15, -0.1) is 0 Å². The molecule has 3 heteroatoms.